The van der Waals surface area contributed by atoms with Crippen molar-refractivity contribution in [3.8, 4) is 0 Å². The molecular formula is C11H16O2. The van der Waals surface area contributed by atoms with E-state index in [9.17, 15) is 5.11 Å². The maximum atomic E-state index is 10.3. The van der Waals surface area contributed by atoms with E-state index in [4.69, 9.17) is 4.42 Å². The monoisotopic (exact) mass is 180 g/mol. The molecule has 1 unspecified atom stereocenters. The second-order valence-electron chi connectivity index (χ2n) is 4.72. The van der Waals surface area contributed by atoms with Crippen LogP contribution in [0, 0.1) is 5.41 Å². The predicted octanol–water partition coefficient (Wildman–Crippen LogP) is 2.37. The highest BCUT2D eigenvalue weighted by Crippen LogP contribution is 2.50. The van der Waals surface area contributed by atoms with Gasteiger partial charge >= 0.3 is 0 Å². The van der Waals surface area contributed by atoms with E-state index in [2.05, 4.69) is 13.8 Å². The third kappa shape index (κ3) is 1.29. The fourth-order valence-corrected chi connectivity index (χ4v) is 1.97. The minimum absolute atomic E-state index is 0.0598. The van der Waals surface area contributed by atoms with Crippen molar-refractivity contribution in [2.45, 2.75) is 38.7 Å². The fourth-order valence-electron chi connectivity index (χ4n) is 1.97. The first-order chi connectivity index (χ1) is 6.04. The Hall–Kier alpha value is -0.760. The normalized spacial score (nSPS) is 31.3. The number of furan rings is 1. The summed E-state index contributed by atoms with van der Waals surface area (Å²) in [5.41, 5.74) is 0.636. The average molecular weight is 180 g/mol. The van der Waals surface area contributed by atoms with Crippen molar-refractivity contribution in [2.75, 3.05) is 0 Å². The van der Waals surface area contributed by atoms with Gasteiger partial charge in [0, 0.05) is 6.42 Å². The van der Waals surface area contributed by atoms with Crippen molar-refractivity contribution in [3.05, 3.63) is 24.2 Å². The molecule has 13 heavy (non-hydrogen) atoms. The minimum atomic E-state index is -0.517. The van der Waals surface area contributed by atoms with E-state index in [0.717, 1.165) is 24.8 Å². The highest BCUT2D eigenvalue weighted by molar-refractivity contribution is 5.15. The van der Waals surface area contributed by atoms with E-state index >= 15 is 0 Å². The van der Waals surface area contributed by atoms with Gasteiger partial charge < -0.3 is 9.52 Å². The zero-order valence-electron chi connectivity index (χ0n) is 8.21. The smallest absolute Gasteiger partial charge is 0.0935 e. The molecule has 1 aromatic heterocycles. The summed E-state index contributed by atoms with van der Waals surface area (Å²) in [5.74, 6) is 0. The lowest BCUT2D eigenvalue weighted by atomic mass is 9.57. The van der Waals surface area contributed by atoms with Crippen LogP contribution in [0.1, 0.15) is 32.3 Å². The maximum absolute atomic E-state index is 10.3. The Kier molecular flexibility index (Phi) is 1.77. The molecule has 2 heteroatoms. The highest BCUT2D eigenvalue weighted by Gasteiger charge is 2.51. The van der Waals surface area contributed by atoms with Gasteiger partial charge in [-0.1, -0.05) is 13.8 Å². The van der Waals surface area contributed by atoms with Gasteiger partial charge in [0.1, 0.15) is 0 Å². The summed E-state index contributed by atoms with van der Waals surface area (Å²) < 4.78 is 4.99. The third-order valence-corrected chi connectivity index (χ3v) is 3.50. The molecule has 0 bridgehead atoms. The van der Waals surface area contributed by atoms with E-state index < -0.39 is 5.60 Å². The van der Waals surface area contributed by atoms with Crippen LogP contribution in [-0.4, -0.2) is 10.7 Å². The second kappa shape index (κ2) is 2.61. The number of hydrogen-bond acceptors (Lipinski definition) is 2. The topological polar surface area (TPSA) is 33.4 Å². The molecule has 1 fully saturated rings. The number of aliphatic hydroxyl groups is 1. The van der Waals surface area contributed by atoms with Gasteiger partial charge in [0.05, 0.1) is 18.1 Å². The van der Waals surface area contributed by atoms with Crippen molar-refractivity contribution in [2.24, 2.45) is 5.41 Å². The first kappa shape index (κ1) is 8.82. The van der Waals surface area contributed by atoms with E-state index in [1.165, 1.54) is 0 Å². The Morgan fingerprint density at radius 2 is 2.23 bits per heavy atom. The highest BCUT2D eigenvalue weighted by atomic mass is 16.3. The molecule has 72 valence electrons. The largest absolute Gasteiger partial charge is 0.472 e. The van der Waals surface area contributed by atoms with Gasteiger partial charge in [0.15, 0.2) is 0 Å². The summed E-state index contributed by atoms with van der Waals surface area (Å²) in [6, 6.07) is 1.92. The summed E-state index contributed by atoms with van der Waals surface area (Å²) >= 11 is 0. The van der Waals surface area contributed by atoms with Gasteiger partial charge in [-0.3, -0.25) is 0 Å². The molecule has 0 aromatic carbocycles. The Morgan fingerprint density at radius 3 is 2.62 bits per heavy atom. The van der Waals surface area contributed by atoms with Gasteiger partial charge in [-0.15, -0.1) is 0 Å². The molecule has 0 aliphatic heterocycles. The van der Waals surface area contributed by atoms with Gasteiger partial charge in [0.2, 0.25) is 0 Å². The van der Waals surface area contributed by atoms with Gasteiger partial charge in [0.25, 0.3) is 0 Å². The van der Waals surface area contributed by atoms with Crippen molar-refractivity contribution in [1.82, 2.24) is 0 Å². The van der Waals surface area contributed by atoms with Crippen LogP contribution in [0.15, 0.2) is 23.0 Å². The molecule has 2 rings (SSSR count). The molecule has 1 aromatic rings. The Morgan fingerprint density at radius 1 is 1.46 bits per heavy atom. The molecule has 1 N–H and O–H groups in total. The van der Waals surface area contributed by atoms with Crippen LogP contribution in [0.4, 0.5) is 0 Å². The Labute approximate surface area is 78.6 Å². The van der Waals surface area contributed by atoms with Crippen LogP contribution < -0.4 is 0 Å². The maximum Gasteiger partial charge on any atom is 0.0935 e. The average Bonchev–Trinajstić information content (AvgIpc) is 2.55. The molecule has 1 aliphatic rings. The fraction of sp³-hybridized carbons (Fsp3) is 0.636. The van der Waals surface area contributed by atoms with Crippen molar-refractivity contribution in [1.29, 1.82) is 0 Å². The molecule has 0 spiro atoms. The number of hydrogen-bond donors (Lipinski definition) is 1. The van der Waals surface area contributed by atoms with E-state index in [1.807, 2.05) is 6.07 Å². The predicted molar refractivity (Wildman–Crippen MR) is 50.4 cm³/mol. The minimum Gasteiger partial charge on any atom is -0.472 e. The SMILES string of the molecule is CC1(C)CCC1(O)Cc1ccoc1. The lowest BCUT2D eigenvalue weighted by Crippen LogP contribution is -2.55. The summed E-state index contributed by atoms with van der Waals surface area (Å²) in [4.78, 5) is 0. The molecule has 1 atom stereocenters. The lowest BCUT2D eigenvalue weighted by Gasteiger charge is -2.52. The standard InChI is InChI=1S/C11H16O2/c1-10(2)4-5-11(10,12)7-9-3-6-13-8-9/h3,6,8,12H,4-5,7H2,1-2H3. The van der Waals surface area contributed by atoms with Crippen LogP contribution in [-0.2, 0) is 6.42 Å². The summed E-state index contributed by atoms with van der Waals surface area (Å²) in [6.07, 6.45) is 6.11. The van der Waals surface area contributed by atoms with Crippen LogP contribution in [0.25, 0.3) is 0 Å². The number of rotatable bonds is 2. The van der Waals surface area contributed by atoms with Crippen molar-refractivity contribution < 1.29 is 9.52 Å². The third-order valence-electron chi connectivity index (χ3n) is 3.50. The quantitative estimate of drug-likeness (QED) is 0.758. The Bertz CT molecular complexity index is 287. The first-order valence-electron chi connectivity index (χ1n) is 4.77. The van der Waals surface area contributed by atoms with Crippen LogP contribution in [0.3, 0.4) is 0 Å². The molecule has 2 nitrogen and oxygen atoms in total. The molecule has 0 saturated heterocycles. The van der Waals surface area contributed by atoms with Gasteiger partial charge in [-0.25, -0.2) is 0 Å². The molecule has 1 heterocycles. The zero-order chi connectivity index (χ0) is 9.53. The zero-order valence-corrected chi connectivity index (χ0v) is 8.21. The summed E-state index contributed by atoms with van der Waals surface area (Å²) in [5, 5.41) is 10.3. The van der Waals surface area contributed by atoms with Crippen LogP contribution in [0.2, 0.25) is 0 Å². The molecule has 1 saturated carbocycles. The van der Waals surface area contributed by atoms with Gasteiger partial charge in [-0.2, -0.15) is 0 Å². The lowest BCUT2D eigenvalue weighted by molar-refractivity contribution is -0.147. The van der Waals surface area contributed by atoms with E-state index in [0.29, 0.717) is 0 Å². The summed E-state index contributed by atoms with van der Waals surface area (Å²) in [7, 11) is 0. The molecule has 0 amide bonds. The van der Waals surface area contributed by atoms with E-state index in [1.54, 1.807) is 12.5 Å². The molecule has 1 aliphatic carbocycles. The Balaban J connectivity index is 2.10. The molecular weight excluding hydrogens is 164 g/mol. The molecule has 0 radical (unpaired) electrons. The first-order valence-corrected chi connectivity index (χ1v) is 4.77. The van der Waals surface area contributed by atoms with Crippen molar-refractivity contribution >= 4 is 0 Å². The van der Waals surface area contributed by atoms with Crippen molar-refractivity contribution in [3.63, 3.8) is 0 Å². The van der Waals surface area contributed by atoms with E-state index in [-0.39, 0.29) is 5.41 Å². The van der Waals surface area contributed by atoms with Crippen LogP contribution >= 0.6 is 0 Å². The van der Waals surface area contributed by atoms with Gasteiger partial charge in [-0.05, 0) is 29.9 Å². The van der Waals surface area contributed by atoms with Crippen LogP contribution in [0.5, 0.6) is 0 Å². The summed E-state index contributed by atoms with van der Waals surface area (Å²) in [6.45, 7) is 4.24. The second-order valence-corrected chi connectivity index (χ2v) is 4.72.